The first-order valence-electron chi connectivity index (χ1n) is 4.41. The van der Waals surface area contributed by atoms with Crippen LogP contribution < -0.4 is 4.74 Å². The van der Waals surface area contributed by atoms with Crippen molar-refractivity contribution in [3.8, 4) is 11.5 Å². The molecule has 0 saturated heterocycles. The van der Waals surface area contributed by atoms with Gasteiger partial charge in [0.15, 0.2) is 0 Å². The van der Waals surface area contributed by atoms with E-state index in [0.717, 1.165) is 0 Å². The molecule has 0 atom stereocenters. The molecule has 88 valence electrons. The molecule has 7 heteroatoms. The lowest BCUT2D eigenvalue weighted by Crippen LogP contribution is -2.09. The third kappa shape index (κ3) is 4.93. The fourth-order valence-corrected chi connectivity index (χ4v) is 1.44. The van der Waals surface area contributed by atoms with Crippen molar-refractivity contribution in [3.05, 3.63) is 24.3 Å². The minimum atomic E-state index is -4.18. The van der Waals surface area contributed by atoms with Crippen molar-refractivity contribution < 1.29 is 29.0 Å². The molecule has 6 nitrogen and oxygen atoms in total. The van der Waals surface area contributed by atoms with Gasteiger partial charge in [-0.3, -0.25) is 9.36 Å². The molecule has 0 aliphatic carbocycles. The molecule has 0 aromatic heterocycles. The van der Waals surface area contributed by atoms with Crippen LogP contribution in [0.1, 0.15) is 6.42 Å². The number of benzene rings is 1. The Labute approximate surface area is 91.6 Å². The van der Waals surface area contributed by atoms with Gasteiger partial charge in [-0.25, -0.2) is 0 Å². The van der Waals surface area contributed by atoms with Gasteiger partial charge in [-0.1, -0.05) is 6.07 Å². The molecule has 0 saturated carbocycles. The third-order valence-electron chi connectivity index (χ3n) is 1.66. The second kappa shape index (κ2) is 5.12. The standard InChI is InChI=1S/C9H11O6P/c10-7-2-1-3-8(6-7)15-9(11)4-5-16(12,13)14/h1-3,6,10H,4-5H2,(H2,12,13,14). The molecular formula is C9H11O6P. The zero-order valence-corrected chi connectivity index (χ0v) is 9.13. The van der Waals surface area contributed by atoms with Crippen molar-refractivity contribution >= 4 is 13.6 Å². The molecule has 3 N–H and O–H groups in total. The summed E-state index contributed by atoms with van der Waals surface area (Å²) in [7, 11) is -4.18. The molecule has 0 unspecified atom stereocenters. The van der Waals surface area contributed by atoms with Crippen LogP contribution in [0.15, 0.2) is 24.3 Å². The zero-order valence-electron chi connectivity index (χ0n) is 8.24. The van der Waals surface area contributed by atoms with E-state index in [1.54, 1.807) is 0 Å². The third-order valence-corrected chi connectivity index (χ3v) is 2.46. The summed E-state index contributed by atoms with van der Waals surface area (Å²) in [4.78, 5) is 28.2. The highest BCUT2D eigenvalue weighted by Crippen LogP contribution is 2.34. The van der Waals surface area contributed by atoms with Crippen molar-refractivity contribution in [1.29, 1.82) is 0 Å². The average molecular weight is 246 g/mol. The molecule has 0 aliphatic rings. The van der Waals surface area contributed by atoms with E-state index < -0.39 is 19.7 Å². The Hall–Kier alpha value is -1.36. The van der Waals surface area contributed by atoms with E-state index in [1.165, 1.54) is 24.3 Å². The number of ether oxygens (including phenoxy) is 1. The van der Waals surface area contributed by atoms with Gasteiger partial charge < -0.3 is 19.6 Å². The molecule has 1 rings (SSSR count). The monoisotopic (exact) mass is 246 g/mol. The minimum absolute atomic E-state index is 0.0553. The highest BCUT2D eigenvalue weighted by molar-refractivity contribution is 7.51. The molecule has 0 bridgehead atoms. The van der Waals surface area contributed by atoms with E-state index >= 15 is 0 Å². The maximum absolute atomic E-state index is 11.1. The van der Waals surface area contributed by atoms with Crippen molar-refractivity contribution in [3.63, 3.8) is 0 Å². The summed E-state index contributed by atoms with van der Waals surface area (Å²) in [5.41, 5.74) is 0. The largest absolute Gasteiger partial charge is 0.508 e. The minimum Gasteiger partial charge on any atom is -0.508 e. The van der Waals surface area contributed by atoms with Crippen LogP contribution in [0.3, 0.4) is 0 Å². The Balaban J connectivity index is 2.49. The highest BCUT2D eigenvalue weighted by atomic mass is 31.2. The summed E-state index contributed by atoms with van der Waals surface area (Å²) in [6.07, 6.45) is -0.926. The summed E-state index contributed by atoms with van der Waals surface area (Å²) >= 11 is 0. The van der Waals surface area contributed by atoms with Gasteiger partial charge in [-0.05, 0) is 12.1 Å². The topological polar surface area (TPSA) is 104 Å². The SMILES string of the molecule is O=C(CCP(=O)(O)O)Oc1cccc(O)c1. The first kappa shape index (κ1) is 12.7. The molecule has 0 amide bonds. The number of esters is 1. The molecular weight excluding hydrogens is 235 g/mol. The molecule has 0 heterocycles. The van der Waals surface area contributed by atoms with E-state index in [-0.39, 0.29) is 17.9 Å². The molecule has 0 spiro atoms. The molecule has 16 heavy (non-hydrogen) atoms. The lowest BCUT2D eigenvalue weighted by Gasteiger charge is -2.05. The van der Waals surface area contributed by atoms with Crippen LogP contribution in [0.4, 0.5) is 0 Å². The van der Waals surface area contributed by atoms with Gasteiger partial charge in [0.25, 0.3) is 0 Å². The van der Waals surface area contributed by atoms with Crippen molar-refractivity contribution in [1.82, 2.24) is 0 Å². The number of phenols is 1. The molecule has 1 aromatic rings. The number of carbonyl (C=O) groups is 1. The van der Waals surface area contributed by atoms with E-state index in [4.69, 9.17) is 19.6 Å². The Morgan fingerprint density at radius 1 is 1.38 bits per heavy atom. The lowest BCUT2D eigenvalue weighted by atomic mass is 10.3. The molecule has 0 fully saturated rings. The number of phenolic OH excluding ortho intramolecular Hbond substituents is 1. The summed E-state index contributed by atoms with van der Waals surface area (Å²) < 4.78 is 15.2. The first-order chi connectivity index (χ1) is 7.37. The van der Waals surface area contributed by atoms with Crippen LogP contribution in [0, 0.1) is 0 Å². The van der Waals surface area contributed by atoms with Gasteiger partial charge in [0, 0.05) is 6.07 Å². The van der Waals surface area contributed by atoms with Crippen LogP contribution in [-0.2, 0) is 9.36 Å². The van der Waals surface area contributed by atoms with Gasteiger partial charge in [0.1, 0.15) is 11.5 Å². The van der Waals surface area contributed by atoms with E-state index in [0.29, 0.717) is 0 Å². The van der Waals surface area contributed by atoms with Gasteiger partial charge in [-0.2, -0.15) is 0 Å². The Bertz CT molecular complexity index is 424. The number of rotatable bonds is 4. The van der Waals surface area contributed by atoms with Gasteiger partial charge in [-0.15, -0.1) is 0 Å². The Morgan fingerprint density at radius 2 is 2.06 bits per heavy atom. The second-order valence-electron chi connectivity index (χ2n) is 3.11. The van der Waals surface area contributed by atoms with Gasteiger partial charge in [0.2, 0.25) is 0 Å². The van der Waals surface area contributed by atoms with E-state index in [1.807, 2.05) is 0 Å². The number of carbonyl (C=O) groups excluding carboxylic acids is 1. The number of aromatic hydroxyl groups is 1. The molecule has 0 aliphatic heterocycles. The summed E-state index contributed by atoms with van der Waals surface area (Å²) in [6.45, 7) is 0. The maximum Gasteiger partial charge on any atom is 0.326 e. The van der Waals surface area contributed by atoms with Crippen LogP contribution in [-0.4, -0.2) is 27.0 Å². The normalized spacial score (nSPS) is 11.1. The molecule has 1 aromatic carbocycles. The fraction of sp³-hybridized carbons (Fsp3) is 0.222. The van der Waals surface area contributed by atoms with E-state index in [9.17, 15) is 9.36 Å². The quantitative estimate of drug-likeness (QED) is 0.413. The van der Waals surface area contributed by atoms with Gasteiger partial charge in [0.05, 0.1) is 12.6 Å². The first-order valence-corrected chi connectivity index (χ1v) is 6.21. The average Bonchev–Trinajstić information content (AvgIpc) is 2.14. The summed E-state index contributed by atoms with van der Waals surface area (Å²) in [6, 6.07) is 5.58. The number of hydrogen-bond donors (Lipinski definition) is 3. The second-order valence-corrected chi connectivity index (χ2v) is 4.89. The fourth-order valence-electron chi connectivity index (χ4n) is 0.966. The Morgan fingerprint density at radius 3 is 2.62 bits per heavy atom. The van der Waals surface area contributed by atoms with Crippen molar-refractivity contribution in [2.45, 2.75) is 6.42 Å². The number of hydrogen-bond acceptors (Lipinski definition) is 4. The van der Waals surface area contributed by atoms with Crippen LogP contribution >= 0.6 is 7.60 Å². The van der Waals surface area contributed by atoms with Crippen molar-refractivity contribution in [2.75, 3.05) is 6.16 Å². The van der Waals surface area contributed by atoms with Gasteiger partial charge >= 0.3 is 13.6 Å². The molecule has 0 radical (unpaired) electrons. The predicted octanol–water partition coefficient (Wildman–Crippen LogP) is 0.865. The summed E-state index contributed by atoms with van der Waals surface area (Å²) in [5, 5.41) is 9.07. The Kier molecular flexibility index (Phi) is 4.06. The van der Waals surface area contributed by atoms with Crippen LogP contribution in [0.5, 0.6) is 11.5 Å². The van der Waals surface area contributed by atoms with Crippen LogP contribution in [0.25, 0.3) is 0 Å². The highest BCUT2D eigenvalue weighted by Gasteiger charge is 2.16. The lowest BCUT2D eigenvalue weighted by molar-refractivity contribution is -0.134. The zero-order chi connectivity index (χ0) is 12.2. The summed E-state index contributed by atoms with van der Waals surface area (Å²) in [5.74, 6) is -0.676. The van der Waals surface area contributed by atoms with E-state index in [2.05, 4.69) is 0 Å². The van der Waals surface area contributed by atoms with Crippen LogP contribution in [0.2, 0.25) is 0 Å². The maximum atomic E-state index is 11.1. The van der Waals surface area contributed by atoms with Crippen molar-refractivity contribution in [2.24, 2.45) is 0 Å². The predicted molar refractivity (Wildman–Crippen MR) is 55.3 cm³/mol. The smallest absolute Gasteiger partial charge is 0.326 e.